The number of aliphatic hydroxyl groups excluding tert-OH is 1. The minimum atomic E-state index is -6.15. The molecule has 0 spiro atoms. The number of sulfonamides is 1. The maximum absolute atomic E-state index is 13.9. The molecule has 7 nitrogen and oxygen atoms in total. The van der Waals surface area contributed by atoms with E-state index in [2.05, 4.69) is 11.9 Å². The molecule has 0 saturated heterocycles. The lowest BCUT2D eigenvalue weighted by Crippen LogP contribution is -2.54. The maximum atomic E-state index is 13.9. The predicted octanol–water partition coefficient (Wildman–Crippen LogP) is 5.12. The van der Waals surface area contributed by atoms with Crippen LogP contribution in [0.1, 0.15) is 43.7 Å². The summed E-state index contributed by atoms with van der Waals surface area (Å²) in [6.45, 7) is 5.65. The molecule has 3 N–H and O–H groups in total. The third-order valence-corrected chi connectivity index (χ3v) is 10.4. The molecule has 15 heteroatoms. The van der Waals surface area contributed by atoms with Gasteiger partial charge in [-0.1, -0.05) is 31.2 Å². The SMILES string of the molecule is C=C1CCC(C)[C@H](CO)[C@@H]1NC(=O)C[C@@H]1CCc2cc(C(O)(C(F)(F)F)C(F)(F)F)ccc2N1S(=O)(=O)c1ccc(F)cc1. The summed E-state index contributed by atoms with van der Waals surface area (Å²) in [4.78, 5) is 12.8. The van der Waals surface area contributed by atoms with Gasteiger partial charge >= 0.3 is 12.4 Å². The molecule has 1 unspecified atom stereocenters. The third kappa shape index (κ3) is 6.05. The Kier molecular flexibility index (Phi) is 9.17. The van der Waals surface area contributed by atoms with Gasteiger partial charge in [0.05, 0.1) is 22.7 Å². The Balaban J connectivity index is 1.75. The van der Waals surface area contributed by atoms with Crippen LogP contribution in [-0.2, 0) is 26.8 Å². The summed E-state index contributed by atoms with van der Waals surface area (Å²) in [5, 5.41) is 22.6. The van der Waals surface area contributed by atoms with Crippen molar-refractivity contribution < 1.29 is 54.2 Å². The number of hydrogen-bond acceptors (Lipinski definition) is 5. The van der Waals surface area contributed by atoms with Crippen LogP contribution < -0.4 is 9.62 Å². The Labute approximate surface area is 249 Å². The molecule has 1 amide bonds. The Morgan fingerprint density at radius 2 is 1.64 bits per heavy atom. The van der Waals surface area contributed by atoms with Crippen molar-refractivity contribution in [3.8, 4) is 0 Å². The van der Waals surface area contributed by atoms with Gasteiger partial charge in [0.25, 0.3) is 15.6 Å². The molecule has 1 aliphatic heterocycles. The number of rotatable bonds is 7. The van der Waals surface area contributed by atoms with Crippen LogP contribution in [0.4, 0.5) is 36.4 Å². The van der Waals surface area contributed by atoms with Crippen molar-refractivity contribution in [3.05, 3.63) is 71.6 Å². The number of aryl methyl sites for hydroxylation is 1. The second-order valence-corrected chi connectivity index (χ2v) is 13.1. The summed E-state index contributed by atoms with van der Waals surface area (Å²) in [7, 11) is -4.64. The predicted molar refractivity (Wildman–Crippen MR) is 145 cm³/mol. The highest BCUT2D eigenvalue weighted by Gasteiger charge is 2.71. The molecular weight excluding hydrogens is 621 g/mol. The first-order valence-corrected chi connectivity index (χ1v) is 15.1. The lowest BCUT2D eigenvalue weighted by Gasteiger charge is -2.40. The number of nitrogens with one attached hydrogen (secondary N) is 1. The number of carbonyl (C=O) groups is 1. The van der Waals surface area contributed by atoms with Gasteiger partial charge in [-0.15, -0.1) is 0 Å². The molecule has 44 heavy (non-hydrogen) atoms. The molecule has 1 fully saturated rings. The second-order valence-electron chi connectivity index (χ2n) is 11.3. The summed E-state index contributed by atoms with van der Waals surface area (Å²) < 4.78 is 123. The summed E-state index contributed by atoms with van der Waals surface area (Å²) >= 11 is 0. The fraction of sp³-hybridized carbons (Fsp3) is 0.483. The van der Waals surface area contributed by atoms with Crippen molar-refractivity contribution in [2.75, 3.05) is 10.9 Å². The zero-order valence-corrected chi connectivity index (χ0v) is 24.2. The number of amides is 1. The van der Waals surface area contributed by atoms with Crippen LogP contribution in [0, 0.1) is 17.7 Å². The third-order valence-electron chi connectivity index (χ3n) is 8.47. The van der Waals surface area contributed by atoms with E-state index in [0.717, 1.165) is 41.1 Å². The van der Waals surface area contributed by atoms with E-state index in [4.69, 9.17) is 0 Å². The number of anilines is 1. The Bertz CT molecular complexity index is 1500. The molecule has 0 aromatic heterocycles. The van der Waals surface area contributed by atoms with E-state index < -0.39 is 68.7 Å². The molecule has 242 valence electrons. The van der Waals surface area contributed by atoms with E-state index in [1.807, 2.05) is 6.92 Å². The van der Waals surface area contributed by atoms with E-state index in [-0.39, 0.29) is 42.5 Å². The molecule has 4 rings (SSSR count). The van der Waals surface area contributed by atoms with E-state index in [0.29, 0.717) is 24.1 Å². The van der Waals surface area contributed by atoms with Gasteiger partial charge < -0.3 is 15.5 Å². The van der Waals surface area contributed by atoms with Crippen molar-refractivity contribution >= 4 is 21.6 Å². The minimum absolute atomic E-state index is 0.0500. The van der Waals surface area contributed by atoms with Crippen LogP contribution in [0.2, 0.25) is 0 Å². The normalized spacial score (nSPS) is 23.3. The summed E-state index contributed by atoms with van der Waals surface area (Å²) in [6, 6.07) is 3.39. The number of halogens is 7. The number of benzene rings is 2. The van der Waals surface area contributed by atoms with Gasteiger partial charge in [0, 0.05) is 24.5 Å². The van der Waals surface area contributed by atoms with Crippen molar-refractivity contribution in [2.45, 2.75) is 74.0 Å². The zero-order chi connectivity index (χ0) is 32.8. The standard InChI is InChI=1S/C29H31F7N2O5S/c1-16-3-4-17(2)26(23(16)15-39)37-25(40)14-21-9-5-18-13-19(27(41,28(31,32)33)29(34,35)36)6-12-24(18)38(21)44(42,43)22-10-7-20(30)8-11-22/h6-8,10-13,16,21,23,26,39,41H,2-5,9,14-15H2,1H3,(H,37,40)/t16?,21-,23-,26+/m0/s1. The summed E-state index contributed by atoms with van der Waals surface area (Å²) in [6.07, 6.45) is -11.8. The Hall–Kier alpha value is -3.17. The molecule has 1 aliphatic carbocycles. The smallest absolute Gasteiger partial charge is 0.396 e. The molecule has 1 heterocycles. The van der Waals surface area contributed by atoms with Crippen molar-refractivity contribution in [1.29, 1.82) is 0 Å². The highest BCUT2D eigenvalue weighted by atomic mass is 32.2. The molecule has 2 aromatic carbocycles. The number of aliphatic hydroxyl groups is 2. The van der Waals surface area contributed by atoms with Gasteiger partial charge in [0.2, 0.25) is 5.91 Å². The topological polar surface area (TPSA) is 107 Å². The molecule has 0 radical (unpaired) electrons. The van der Waals surface area contributed by atoms with Crippen LogP contribution in [-0.4, -0.2) is 55.6 Å². The number of fused-ring (bicyclic) bond motifs is 1. The zero-order valence-electron chi connectivity index (χ0n) is 23.4. The first-order chi connectivity index (χ1) is 20.3. The first-order valence-electron chi connectivity index (χ1n) is 13.7. The van der Waals surface area contributed by atoms with Crippen molar-refractivity contribution in [1.82, 2.24) is 5.32 Å². The summed E-state index contributed by atoms with van der Waals surface area (Å²) in [5.74, 6) is -1.67. The number of nitrogens with zero attached hydrogens (tertiary/aromatic N) is 1. The molecule has 1 saturated carbocycles. The van der Waals surface area contributed by atoms with Gasteiger partial charge in [-0.3, -0.25) is 9.10 Å². The van der Waals surface area contributed by atoms with Crippen LogP contribution in [0.15, 0.2) is 59.5 Å². The van der Waals surface area contributed by atoms with Gasteiger partial charge in [0.15, 0.2) is 0 Å². The second kappa shape index (κ2) is 12.0. The largest absolute Gasteiger partial charge is 0.430 e. The van der Waals surface area contributed by atoms with Crippen molar-refractivity contribution in [2.24, 2.45) is 11.8 Å². The number of carbonyl (C=O) groups excluding carboxylic acids is 1. The van der Waals surface area contributed by atoms with E-state index >= 15 is 0 Å². The lowest BCUT2D eigenvalue weighted by molar-refractivity contribution is -0.376. The highest BCUT2D eigenvalue weighted by molar-refractivity contribution is 7.92. The van der Waals surface area contributed by atoms with Gasteiger partial charge in [-0.05, 0) is 67.5 Å². The molecule has 4 atom stereocenters. The molecular formula is C29H31F7N2O5S. The quantitative estimate of drug-likeness (QED) is 0.285. The molecule has 2 aliphatic rings. The molecule has 0 bridgehead atoms. The van der Waals surface area contributed by atoms with Crippen LogP contribution in [0.3, 0.4) is 0 Å². The Morgan fingerprint density at radius 3 is 2.20 bits per heavy atom. The number of hydrogen-bond donors (Lipinski definition) is 3. The van der Waals surface area contributed by atoms with Gasteiger partial charge in [0.1, 0.15) is 5.82 Å². The monoisotopic (exact) mass is 652 g/mol. The fourth-order valence-electron chi connectivity index (χ4n) is 5.94. The van der Waals surface area contributed by atoms with Gasteiger partial charge in [-0.25, -0.2) is 12.8 Å². The van der Waals surface area contributed by atoms with Crippen LogP contribution in [0.5, 0.6) is 0 Å². The molecule has 2 aromatic rings. The van der Waals surface area contributed by atoms with Crippen LogP contribution >= 0.6 is 0 Å². The average molecular weight is 653 g/mol. The minimum Gasteiger partial charge on any atom is -0.396 e. The maximum Gasteiger partial charge on any atom is 0.430 e. The number of alkyl halides is 6. The lowest BCUT2D eigenvalue weighted by atomic mass is 9.75. The van der Waals surface area contributed by atoms with Crippen molar-refractivity contribution in [3.63, 3.8) is 0 Å². The average Bonchev–Trinajstić information content (AvgIpc) is 2.93. The fourth-order valence-corrected chi connectivity index (χ4v) is 7.65. The van der Waals surface area contributed by atoms with E-state index in [9.17, 15) is 54.2 Å². The van der Waals surface area contributed by atoms with E-state index in [1.54, 1.807) is 0 Å². The van der Waals surface area contributed by atoms with Crippen LogP contribution in [0.25, 0.3) is 0 Å². The summed E-state index contributed by atoms with van der Waals surface area (Å²) in [5.41, 5.74) is -6.64. The van der Waals surface area contributed by atoms with E-state index in [1.165, 1.54) is 0 Å². The Morgan fingerprint density at radius 1 is 1.02 bits per heavy atom. The first kappa shape index (κ1) is 33.7. The van der Waals surface area contributed by atoms with Gasteiger partial charge in [-0.2, -0.15) is 26.3 Å². The highest BCUT2D eigenvalue weighted by Crippen LogP contribution is 2.51.